The number of fused-ring (bicyclic) bond motifs is 8. The lowest BCUT2D eigenvalue weighted by atomic mass is 9.94. The van der Waals surface area contributed by atoms with E-state index in [4.69, 9.17) is 17.8 Å². The second-order valence-corrected chi connectivity index (χ2v) is 10.1. The van der Waals surface area contributed by atoms with Gasteiger partial charge in [-0.2, -0.15) is 0 Å². The van der Waals surface area contributed by atoms with Gasteiger partial charge in [0.25, 0.3) is 0 Å². The molecule has 39 heavy (non-hydrogen) atoms. The number of hydrogen-bond donors (Lipinski definition) is 3. The van der Waals surface area contributed by atoms with Crippen LogP contribution in [-0.2, 0) is 0 Å². The number of nitrogens with one attached hydrogen (secondary N) is 3. The third-order valence-corrected chi connectivity index (χ3v) is 7.67. The van der Waals surface area contributed by atoms with E-state index in [1.165, 1.54) is 10.8 Å². The van der Waals surface area contributed by atoms with Gasteiger partial charge in [-0.3, -0.25) is 4.99 Å². The van der Waals surface area contributed by atoms with Gasteiger partial charge in [0, 0.05) is 61.8 Å². The molecule has 0 saturated heterocycles. The number of rotatable bonds is 3. The Kier molecular flexibility index (Phi) is 4.61. The second kappa shape index (κ2) is 8.20. The van der Waals surface area contributed by atoms with Gasteiger partial charge in [-0.25, -0.2) is 4.98 Å². The monoisotopic (exact) mass is 499 g/mol. The molecule has 0 spiro atoms. The van der Waals surface area contributed by atoms with Crippen molar-refractivity contribution in [3.8, 4) is 11.4 Å². The molecule has 182 valence electrons. The Morgan fingerprint density at radius 1 is 0.744 bits per heavy atom. The minimum atomic E-state index is 0.734. The average Bonchev–Trinajstić information content (AvgIpc) is 3.66. The lowest BCUT2D eigenvalue weighted by Gasteiger charge is -2.07. The standard InChI is InChI=1S/C33H22BN5/c1-18-30(25-8-4-5-9-29(25)37-18)33-38-31-24-7-3-2-6-22(24)23-12-11-21(15-27(23)32(31)39-33)35-16-19-17-36-28-13-10-20(34)14-26(19)28/h2-17,36-37H,1H3,(H,38,39). The van der Waals surface area contributed by atoms with Crippen molar-refractivity contribution in [1.29, 1.82) is 0 Å². The minimum absolute atomic E-state index is 0.734. The van der Waals surface area contributed by atoms with Gasteiger partial charge in [0.2, 0.25) is 0 Å². The molecule has 0 saturated carbocycles. The molecule has 0 amide bonds. The number of hydrogen-bond acceptors (Lipinski definition) is 2. The van der Waals surface area contributed by atoms with E-state index in [1.807, 2.05) is 30.6 Å². The van der Waals surface area contributed by atoms with E-state index < -0.39 is 0 Å². The van der Waals surface area contributed by atoms with E-state index >= 15 is 0 Å². The number of H-pyrrole nitrogens is 3. The van der Waals surface area contributed by atoms with E-state index in [0.29, 0.717) is 0 Å². The summed E-state index contributed by atoms with van der Waals surface area (Å²) in [7, 11) is 6.03. The highest BCUT2D eigenvalue weighted by atomic mass is 14.9. The first-order valence-electron chi connectivity index (χ1n) is 13.0. The van der Waals surface area contributed by atoms with Crippen LogP contribution in [0.25, 0.3) is 65.8 Å². The summed E-state index contributed by atoms with van der Waals surface area (Å²) in [6.45, 7) is 2.10. The molecule has 5 nitrogen and oxygen atoms in total. The lowest BCUT2D eigenvalue weighted by Crippen LogP contribution is -1.99. The van der Waals surface area contributed by atoms with Gasteiger partial charge >= 0.3 is 0 Å². The van der Waals surface area contributed by atoms with Crippen molar-refractivity contribution in [2.45, 2.75) is 6.92 Å². The zero-order valence-electron chi connectivity index (χ0n) is 21.2. The first kappa shape index (κ1) is 21.9. The number of aryl methyl sites for hydroxylation is 1. The quantitative estimate of drug-likeness (QED) is 0.133. The number of benzene rings is 5. The van der Waals surface area contributed by atoms with Crippen LogP contribution in [0.4, 0.5) is 5.69 Å². The molecule has 0 aliphatic carbocycles. The summed E-state index contributed by atoms with van der Waals surface area (Å²) in [5.41, 5.74) is 8.92. The molecule has 2 radical (unpaired) electrons. The predicted octanol–water partition coefficient (Wildman–Crippen LogP) is 7.35. The summed E-state index contributed by atoms with van der Waals surface area (Å²) in [5.74, 6) is 0.864. The number of nitrogens with zero attached hydrogens (tertiary/aromatic N) is 2. The summed E-state index contributed by atoms with van der Waals surface area (Å²) >= 11 is 0. The molecule has 0 unspecified atom stereocenters. The summed E-state index contributed by atoms with van der Waals surface area (Å²) in [4.78, 5) is 20.5. The van der Waals surface area contributed by atoms with Crippen LogP contribution in [0.15, 0.2) is 96.1 Å². The second-order valence-electron chi connectivity index (χ2n) is 10.1. The molecule has 3 N–H and O–H groups in total. The topological polar surface area (TPSA) is 72.6 Å². The van der Waals surface area contributed by atoms with Crippen LogP contribution in [0.2, 0.25) is 0 Å². The van der Waals surface area contributed by atoms with Crippen molar-refractivity contribution in [2.24, 2.45) is 4.99 Å². The van der Waals surface area contributed by atoms with Gasteiger partial charge in [0.1, 0.15) is 13.7 Å². The van der Waals surface area contributed by atoms with Crippen molar-refractivity contribution >= 4 is 79.6 Å². The molecule has 3 heterocycles. The Hall–Kier alpha value is -5.10. The number of para-hydroxylation sites is 1. The zero-order valence-corrected chi connectivity index (χ0v) is 21.2. The summed E-state index contributed by atoms with van der Waals surface area (Å²) in [5, 5.41) is 6.79. The van der Waals surface area contributed by atoms with Crippen LogP contribution in [-0.4, -0.2) is 34.0 Å². The third-order valence-electron chi connectivity index (χ3n) is 7.67. The van der Waals surface area contributed by atoms with Crippen LogP contribution in [0.5, 0.6) is 0 Å². The fraction of sp³-hybridized carbons (Fsp3) is 0.0303. The highest BCUT2D eigenvalue weighted by Crippen LogP contribution is 2.38. The summed E-state index contributed by atoms with van der Waals surface area (Å²) in [6, 6.07) is 29.1. The predicted molar refractivity (Wildman–Crippen MR) is 164 cm³/mol. The van der Waals surface area contributed by atoms with Crippen molar-refractivity contribution in [3.05, 3.63) is 102 Å². The fourth-order valence-electron chi connectivity index (χ4n) is 5.85. The molecule has 3 aromatic heterocycles. The van der Waals surface area contributed by atoms with E-state index in [-0.39, 0.29) is 0 Å². The van der Waals surface area contributed by atoms with Crippen LogP contribution in [0, 0.1) is 6.92 Å². The first-order chi connectivity index (χ1) is 19.1. The average molecular weight is 499 g/mol. The van der Waals surface area contributed by atoms with E-state index in [1.54, 1.807) is 0 Å². The Morgan fingerprint density at radius 3 is 2.44 bits per heavy atom. The van der Waals surface area contributed by atoms with Crippen molar-refractivity contribution < 1.29 is 0 Å². The molecule has 0 aliphatic heterocycles. The van der Waals surface area contributed by atoms with Crippen LogP contribution >= 0.6 is 0 Å². The SMILES string of the molecule is [B]c1ccc2[nH]cc(C=Nc3ccc4c5ccccc5c5nc(-c6c(C)[nH]c7ccccc67)[nH]c5c4c3)c2c1. The first-order valence-corrected chi connectivity index (χ1v) is 13.0. The van der Waals surface area contributed by atoms with Gasteiger partial charge in [-0.05, 0) is 42.0 Å². The molecule has 8 rings (SSSR count). The molecule has 0 atom stereocenters. The number of imidazole rings is 1. The highest BCUT2D eigenvalue weighted by Gasteiger charge is 2.18. The minimum Gasteiger partial charge on any atom is -0.361 e. The summed E-state index contributed by atoms with van der Waals surface area (Å²) in [6.07, 6.45) is 3.86. The van der Waals surface area contributed by atoms with Gasteiger partial charge < -0.3 is 15.0 Å². The van der Waals surface area contributed by atoms with E-state index in [2.05, 4.69) is 88.6 Å². The molecule has 5 aromatic carbocycles. The Bertz CT molecular complexity index is 2260. The summed E-state index contributed by atoms with van der Waals surface area (Å²) < 4.78 is 0. The molecule has 8 aromatic rings. The largest absolute Gasteiger partial charge is 0.361 e. The molecule has 0 bridgehead atoms. The maximum absolute atomic E-state index is 6.03. The van der Waals surface area contributed by atoms with Crippen molar-refractivity contribution in [3.63, 3.8) is 0 Å². The molecule has 0 fully saturated rings. The van der Waals surface area contributed by atoms with E-state index in [0.717, 1.165) is 77.4 Å². The maximum Gasteiger partial charge on any atom is 0.140 e. The number of aliphatic imine (C=N–C) groups is 1. The molecular formula is C33H22BN5. The normalized spacial score (nSPS) is 12.2. The Balaban J connectivity index is 1.34. The third kappa shape index (κ3) is 3.35. The van der Waals surface area contributed by atoms with Crippen molar-refractivity contribution in [2.75, 3.05) is 0 Å². The smallest absolute Gasteiger partial charge is 0.140 e. The van der Waals surface area contributed by atoms with Crippen LogP contribution in [0.1, 0.15) is 11.3 Å². The van der Waals surface area contributed by atoms with Crippen molar-refractivity contribution in [1.82, 2.24) is 19.9 Å². The highest BCUT2D eigenvalue weighted by molar-refractivity contribution is 6.33. The zero-order chi connectivity index (χ0) is 26.1. The Labute approximate surface area is 225 Å². The molecule has 6 heteroatoms. The lowest BCUT2D eigenvalue weighted by molar-refractivity contribution is 1.26. The van der Waals surface area contributed by atoms with Crippen LogP contribution < -0.4 is 5.46 Å². The fourth-order valence-corrected chi connectivity index (χ4v) is 5.85. The molecule has 0 aliphatic rings. The number of aromatic nitrogens is 4. The van der Waals surface area contributed by atoms with Gasteiger partial charge in [-0.1, -0.05) is 66.1 Å². The van der Waals surface area contributed by atoms with Gasteiger partial charge in [0.15, 0.2) is 0 Å². The Morgan fingerprint density at radius 2 is 1.54 bits per heavy atom. The van der Waals surface area contributed by atoms with Gasteiger partial charge in [-0.15, -0.1) is 0 Å². The van der Waals surface area contributed by atoms with Gasteiger partial charge in [0.05, 0.1) is 16.7 Å². The molecular weight excluding hydrogens is 477 g/mol. The van der Waals surface area contributed by atoms with Crippen LogP contribution in [0.3, 0.4) is 0 Å². The van der Waals surface area contributed by atoms with E-state index in [9.17, 15) is 0 Å². The number of aromatic amines is 3. The maximum atomic E-state index is 6.03.